The number of benzene rings is 2. The summed E-state index contributed by atoms with van der Waals surface area (Å²) in [5.41, 5.74) is 0.617. The second kappa shape index (κ2) is 6.84. The van der Waals surface area contributed by atoms with E-state index in [-0.39, 0.29) is 23.6 Å². The second-order valence-electron chi connectivity index (χ2n) is 5.15. The highest BCUT2D eigenvalue weighted by atomic mass is 16.6. The molecule has 7 heteroatoms. The fourth-order valence-corrected chi connectivity index (χ4v) is 2.33. The van der Waals surface area contributed by atoms with E-state index in [4.69, 9.17) is 14.7 Å². The standard InChI is InChI=1S/C18H13N3O4/c1-24-16-8-12(9-19)6-7-15(16)25-17(22)10-21-11-20-14-5-3-2-4-13(14)18(21)23/h2-8,11H,10H2,1H3. The molecule has 1 heterocycles. The Bertz CT molecular complexity index is 1050. The van der Waals surface area contributed by atoms with Crippen molar-refractivity contribution in [2.45, 2.75) is 6.54 Å². The summed E-state index contributed by atoms with van der Waals surface area (Å²) in [7, 11) is 1.41. The summed E-state index contributed by atoms with van der Waals surface area (Å²) >= 11 is 0. The molecule has 3 rings (SSSR count). The van der Waals surface area contributed by atoms with Crippen molar-refractivity contribution in [1.82, 2.24) is 9.55 Å². The van der Waals surface area contributed by atoms with E-state index in [9.17, 15) is 9.59 Å². The van der Waals surface area contributed by atoms with Gasteiger partial charge in [-0.3, -0.25) is 9.36 Å². The monoisotopic (exact) mass is 335 g/mol. The molecule has 0 saturated heterocycles. The van der Waals surface area contributed by atoms with Crippen LogP contribution in [0.25, 0.3) is 10.9 Å². The first kappa shape index (κ1) is 16.2. The molecule has 0 aliphatic rings. The smallest absolute Gasteiger partial charge is 0.331 e. The lowest BCUT2D eigenvalue weighted by Gasteiger charge is -2.10. The quantitative estimate of drug-likeness (QED) is 0.534. The predicted molar refractivity (Wildman–Crippen MR) is 89.3 cm³/mol. The van der Waals surface area contributed by atoms with Gasteiger partial charge in [0, 0.05) is 6.07 Å². The Balaban J connectivity index is 1.83. The minimum absolute atomic E-state index is 0.174. The van der Waals surface area contributed by atoms with E-state index in [0.29, 0.717) is 16.5 Å². The molecule has 0 atom stereocenters. The van der Waals surface area contributed by atoms with Crippen LogP contribution in [0.2, 0.25) is 0 Å². The number of hydrogen-bond donors (Lipinski definition) is 0. The number of carbonyl (C=O) groups excluding carboxylic acids is 1. The molecule has 7 nitrogen and oxygen atoms in total. The Kier molecular flexibility index (Phi) is 4.44. The van der Waals surface area contributed by atoms with E-state index in [0.717, 1.165) is 0 Å². The number of hydrogen-bond acceptors (Lipinski definition) is 6. The van der Waals surface area contributed by atoms with Gasteiger partial charge in [0.15, 0.2) is 11.5 Å². The maximum absolute atomic E-state index is 12.4. The van der Waals surface area contributed by atoms with Crippen LogP contribution in [-0.4, -0.2) is 22.6 Å². The van der Waals surface area contributed by atoms with E-state index in [1.165, 1.54) is 36.2 Å². The highest BCUT2D eigenvalue weighted by Gasteiger charge is 2.13. The molecule has 0 aliphatic carbocycles. The summed E-state index contributed by atoms with van der Waals surface area (Å²) in [6.45, 7) is -0.292. The summed E-state index contributed by atoms with van der Waals surface area (Å²) in [6, 6.07) is 13.3. The van der Waals surface area contributed by atoms with Crippen molar-refractivity contribution in [2.75, 3.05) is 7.11 Å². The zero-order valence-corrected chi connectivity index (χ0v) is 13.3. The van der Waals surface area contributed by atoms with E-state index in [1.54, 1.807) is 24.3 Å². The van der Waals surface area contributed by atoms with Crippen molar-refractivity contribution in [1.29, 1.82) is 5.26 Å². The van der Waals surface area contributed by atoms with Crippen molar-refractivity contribution in [3.63, 3.8) is 0 Å². The number of aromatic nitrogens is 2. The molecule has 124 valence electrons. The third kappa shape index (κ3) is 3.33. The molecule has 0 saturated carbocycles. The first-order valence-corrected chi connectivity index (χ1v) is 7.35. The Morgan fingerprint density at radius 1 is 1.24 bits per heavy atom. The number of rotatable bonds is 4. The third-order valence-electron chi connectivity index (χ3n) is 3.55. The number of carbonyl (C=O) groups is 1. The zero-order valence-electron chi connectivity index (χ0n) is 13.3. The molecule has 0 unspecified atom stereocenters. The van der Waals surface area contributed by atoms with Crippen molar-refractivity contribution in [3.8, 4) is 17.6 Å². The molecule has 2 aromatic carbocycles. The highest BCUT2D eigenvalue weighted by Crippen LogP contribution is 2.28. The van der Waals surface area contributed by atoms with Crippen molar-refractivity contribution >= 4 is 16.9 Å². The topological polar surface area (TPSA) is 94.2 Å². The highest BCUT2D eigenvalue weighted by molar-refractivity contribution is 5.78. The number of methoxy groups -OCH3 is 1. The molecule has 0 radical (unpaired) electrons. The average molecular weight is 335 g/mol. The summed E-state index contributed by atoms with van der Waals surface area (Å²) in [5.74, 6) is -0.216. The van der Waals surface area contributed by atoms with Crippen LogP contribution >= 0.6 is 0 Å². The van der Waals surface area contributed by atoms with Gasteiger partial charge >= 0.3 is 5.97 Å². The number of nitriles is 1. The molecule has 1 aromatic heterocycles. The predicted octanol–water partition coefficient (Wildman–Crippen LogP) is 1.88. The van der Waals surface area contributed by atoms with E-state index in [2.05, 4.69) is 4.98 Å². The molecular formula is C18H13N3O4. The van der Waals surface area contributed by atoms with Crippen LogP contribution in [0.4, 0.5) is 0 Å². The lowest BCUT2D eigenvalue weighted by atomic mass is 10.2. The molecule has 0 N–H and O–H groups in total. The summed E-state index contributed by atoms with van der Waals surface area (Å²) in [6.07, 6.45) is 1.31. The van der Waals surface area contributed by atoms with E-state index < -0.39 is 5.97 Å². The fourth-order valence-electron chi connectivity index (χ4n) is 2.33. The molecular weight excluding hydrogens is 322 g/mol. The summed E-state index contributed by atoms with van der Waals surface area (Å²) in [4.78, 5) is 28.7. The number of esters is 1. The molecule has 0 spiro atoms. The van der Waals surface area contributed by atoms with Gasteiger partial charge in [-0.25, -0.2) is 9.78 Å². The lowest BCUT2D eigenvalue weighted by molar-refractivity contribution is -0.135. The molecule has 25 heavy (non-hydrogen) atoms. The van der Waals surface area contributed by atoms with Gasteiger partial charge < -0.3 is 9.47 Å². The molecule has 0 amide bonds. The van der Waals surface area contributed by atoms with Crippen LogP contribution < -0.4 is 15.0 Å². The summed E-state index contributed by atoms with van der Waals surface area (Å²) < 4.78 is 11.5. The van der Waals surface area contributed by atoms with Gasteiger partial charge in [-0.1, -0.05) is 12.1 Å². The van der Waals surface area contributed by atoms with Crippen LogP contribution in [-0.2, 0) is 11.3 Å². The maximum atomic E-state index is 12.4. The van der Waals surface area contributed by atoms with Gasteiger partial charge in [0.2, 0.25) is 0 Å². The fraction of sp³-hybridized carbons (Fsp3) is 0.111. The van der Waals surface area contributed by atoms with Gasteiger partial charge in [0.25, 0.3) is 5.56 Å². The van der Waals surface area contributed by atoms with E-state index >= 15 is 0 Å². The second-order valence-corrected chi connectivity index (χ2v) is 5.15. The summed E-state index contributed by atoms with van der Waals surface area (Å²) in [5, 5.41) is 9.31. The normalized spacial score (nSPS) is 10.2. The average Bonchev–Trinajstić information content (AvgIpc) is 2.64. The lowest BCUT2D eigenvalue weighted by Crippen LogP contribution is -2.27. The van der Waals surface area contributed by atoms with Gasteiger partial charge in [0.05, 0.1) is 36.0 Å². The SMILES string of the molecule is COc1cc(C#N)ccc1OC(=O)Cn1cnc2ccccc2c1=O. The molecule has 0 bridgehead atoms. The van der Waals surface area contributed by atoms with Gasteiger partial charge in [0.1, 0.15) is 6.54 Å². The number of para-hydroxylation sites is 1. The Labute approximate surface area is 142 Å². The Hall–Kier alpha value is -3.66. The van der Waals surface area contributed by atoms with Crippen LogP contribution in [0.3, 0.4) is 0 Å². The van der Waals surface area contributed by atoms with Crippen molar-refractivity contribution in [3.05, 3.63) is 64.7 Å². The minimum Gasteiger partial charge on any atom is -0.493 e. The van der Waals surface area contributed by atoms with E-state index in [1.807, 2.05) is 6.07 Å². The van der Waals surface area contributed by atoms with Crippen LogP contribution in [0.15, 0.2) is 53.6 Å². The zero-order chi connectivity index (χ0) is 17.8. The number of fused-ring (bicyclic) bond motifs is 1. The molecule has 0 aliphatic heterocycles. The Morgan fingerprint density at radius 3 is 2.80 bits per heavy atom. The first-order valence-electron chi connectivity index (χ1n) is 7.35. The maximum Gasteiger partial charge on any atom is 0.331 e. The molecule has 3 aromatic rings. The van der Waals surface area contributed by atoms with Gasteiger partial charge in [-0.2, -0.15) is 5.26 Å². The van der Waals surface area contributed by atoms with Crippen molar-refractivity contribution in [2.24, 2.45) is 0 Å². The third-order valence-corrected chi connectivity index (χ3v) is 3.55. The van der Waals surface area contributed by atoms with Crippen LogP contribution in [0.5, 0.6) is 11.5 Å². The van der Waals surface area contributed by atoms with Gasteiger partial charge in [-0.05, 0) is 24.3 Å². The first-order chi connectivity index (χ1) is 12.1. The number of ether oxygens (including phenoxy) is 2. The largest absolute Gasteiger partial charge is 0.493 e. The minimum atomic E-state index is -0.651. The Morgan fingerprint density at radius 2 is 2.04 bits per heavy atom. The van der Waals surface area contributed by atoms with Gasteiger partial charge in [-0.15, -0.1) is 0 Å². The van der Waals surface area contributed by atoms with Crippen LogP contribution in [0, 0.1) is 11.3 Å². The number of nitrogens with zero attached hydrogens (tertiary/aromatic N) is 3. The molecule has 0 fully saturated rings. The van der Waals surface area contributed by atoms with Crippen molar-refractivity contribution < 1.29 is 14.3 Å². The van der Waals surface area contributed by atoms with Crippen LogP contribution in [0.1, 0.15) is 5.56 Å².